The van der Waals surface area contributed by atoms with Crippen LogP contribution in [0.3, 0.4) is 0 Å². The summed E-state index contributed by atoms with van der Waals surface area (Å²) in [6.07, 6.45) is 2.79. The van der Waals surface area contributed by atoms with E-state index in [-0.39, 0.29) is 5.56 Å². The molecule has 0 aliphatic carbocycles. The van der Waals surface area contributed by atoms with Gasteiger partial charge in [-0.05, 0) is 17.2 Å². The first-order valence-electron chi connectivity index (χ1n) is 5.74. The number of ether oxygens (including phenoxy) is 1. The quantitative estimate of drug-likeness (QED) is 0.860. The molecule has 1 aliphatic heterocycles. The van der Waals surface area contributed by atoms with Gasteiger partial charge in [0.15, 0.2) is 0 Å². The van der Waals surface area contributed by atoms with Crippen LogP contribution in [0.5, 0.6) is 5.75 Å². The number of hydrogen-bond acceptors (Lipinski definition) is 3. The molecule has 92 valence electrons. The molecule has 5 heteroatoms. The van der Waals surface area contributed by atoms with Crippen LogP contribution in [0.4, 0.5) is 0 Å². The standard InChI is InChI=1S/C13H12N2O3/c16-13(17)10-7-14-15-11(10)6-8-1-2-12-9(5-8)3-4-18-12/h1-2,5,7H,3-4,6H2,(H,14,15)(H,16,17). The van der Waals surface area contributed by atoms with Gasteiger partial charge in [-0.1, -0.05) is 12.1 Å². The fourth-order valence-electron chi connectivity index (χ4n) is 2.19. The topological polar surface area (TPSA) is 75.2 Å². The van der Waals surface area contributed by atoms with Gasteiger partial charge >= 0.3 is 5.97 Å². The van der Waals surface area contributed by atoms with Crippen molar-refractivity contribution in [1.82, 2.24) is 10.2 Å². The Hall–Kier alpha value is -2.30. The number of aromatic nitrogens is 2. The van der Waals surface area contributed by atoms with Gasteiger partial charge in [0, 0.05) is 12.8 Å². The van der Waals surface area contributed by atoms with E-state index in [9.17, 15) is 4.79 Å². The summed E-state index contributed by atoms with van der Waals surface area (Å²) in [7, 11) is 0. The number of hydrogen-bond donors (Lipinski definition) is 2. The van der Waals surface area contributed by atoms with E-state index in [0.29, 0.717) is 12.1 Å². The van der Waals surface area contributed by atoms with Crippen LogP contribution in [-0.4, -0.2) is 27.9 Å². The predicted molar refractivity (Wildman–Crippen MR) is 64.0 cm³/mol. The Bertz CT molecular complexity index is 604. The molecule has 0 spiro atoms. The Morgan fingerprint density at radius 2 is 2.39 bits per heavy atom. The van der Waals surface area contributed by atoms with Crippen LogP contribution in [0.25, 0.3) is 0 Å². The highest BCUT2D eigenvalue weighted by Crippen LogP contribution is 2.26. The predicted octanol–water partition coefficient (Wildman–Crippen LogP) is 1.63. The zero-order valence-electron chi connectivity index (χ0n) is 9.64. The number of nitrogens with zero attached hydrogens (tertiary/aromatic N) is 1. The van der Waals surface area contributed by atoms with Crippen LogP contribution >= 0.6 is 0 Å². The summed E-state index contributed by atoms with van der Waals surface area (Å²) >= 11 is 0. The van der Waals surface area contributed by atoms with Gasteiger partial charge in [-0.15, -0.1) is 0 Å². The average molecular weight is 244 g/mol. The van der Waals surface area contributed by atoms with Crippen LogP contribution in [0.15, 0.2) is 24.4 Å². The van der Waals surface area contributed by atoms with Gasteiger partial charge in [-0.3, -0.25) is 5.10 Å². The van der Waals surface area contributed by atoms with Crippen LogP contribution in [0.1, 0.15) is 27.2 Å². The highest BCUT2D eigenvalue weighted by molar-refractivity contribution is 5.88. The second-order valence-corrected chi connectivity index (χ2v) is 4.28. The molecule has 2 heterocycles. The lowest BCUT2D eigenvalue weighted by molar-refractivity contribution is 0.0696. The Kier molecular flexibility index (Phi) is 2.51. The van der Waals surface area contributed by atoms with Crippen molar-refractivity contribution in [3.8, 4) is 5.75 Å². The zero-order valence-corrected chi connectivity index (χ0v) is 9.64. The van der Waals surface area contributed by atoms with Crippen molar-refractivity contribution in [2.24, 2.45) is 0 Å². The van der Waals surface area contributed by atoms with E-state index in [1.807, 2.05) is 12.1 Å². The van der Waals surface area contributed by atoms with Crippen molar-refractivity contribution in [2.45, 2.75) is 12.8 Å². The highest BCUT2D eigenvalue weighted by atomic mass is 16.5. The van der Waals surface area contributed by atoms with Gasteiger partial charge in [0.2, 0.25) is 0 Å². The van der Waals surface area contributed by atoms with E-state index in [2.05, 4.69) is 16.3 Å². The molecule has 0 fully saturated rings. The van der Waals surface area contributed by atoms with Gasteiger partial charge in [0.05, 0.1) is 18.5 Å². The minimum absolute atomic E-state index is 0.228. The first-order chi connectivity index (χ1) is 8.74. The summed E-state index contributed by atoms with van der Waals surface area (Å²) in [5.41, 5.74) is 3.10. The second kappa shape index (κ2) is 4.18. The van der Waals surface area contributed by atoms with Crippen LogP contribution in [0.2, 0.25) is 0 Å². The second-order valence-electron chi connectivity index (χ2n) is 4.28. The van der Waals surface area contributed by atoms with E-state index < -0.39 is 5.97 Å². The molecule has 2 aromatic rings. The van der Waals surface area contributed by atoms with Crippen molar-refractivity contribution >= 4 is 5.97 Å². The monoisotopic (exact) mass is 244 g/mol. The third-order valence-electron chi connectivity index (χ3n) is 3.08. The van der Waals surface area contributed by atoms with E-state index in [1.54, 1.807) is 0 Å². The molecule has 0 saturated heterocycles. The number of H-pyrrole nitrogens is 1. The lowest BCUT2D eigenvalue weighted by Gasteiger charge is -2.03. The lowest BCUT2D eigenvalue weighted by atomic mass is 10.0. The lowest BCUT2D eigenvalue weighted by Crippen LogP contribution is -2.01. The number of benzene rings is 1. The molecule has 0 amide bonds. The molecule has 1 aliphatic rings. The molecule has 0 unspecified atom stereocenters. The molecule has 2 N–H and O–H groups in total. The van der Waals surface area contributed by atoms with Gasteiger partial charge in [0.1, 0.15) is 11.3 Å². The summed E-state index contributed by atoms with van der Waals surface area (Å²) in [4.78, 5) is 11.0. The maximum atomic E-state index is 11.0. The third-order valence-corrected chi connectivity index (χ3v) is 3.08. The minimum Gasteiger partial charge on any atom is -0.493 e. The number of carboxylic acids is 1. The molecule has 0 saturated carbocycles. The smallest absolute Gasteiger partial charge is 0.339 e. The highest BCUT2D eigenvalue weighted by Gasteiger charge is 2.15. The Balaban J connectivity index is 1.88. The number of aromatic carboxylic acids is 1. The number of fused-ring (bicyclic) bond motifs is 1. The number of carboxylic acid groups (broad SMARTS) is 1. The molecule has 0 atom stereocenters. The SMILES string of the molecule is O=C(O)c1cn[nH]c1Cc1ccc2c(c1)CCO2. The fourth-order valence-corrected chi connectivity index (χ4v) is 2.19. The van der Waals surface area contributed by atoms with E-state index in [1.165, 1.54) is 11.8 Å². The molecule has 1 aromatic carbocycles. The molecule has 0 bridgehead atoms. The largest absolute Gasteiger partial charge is 0.493 e. The Morgan fingerprint density at radius 1 is 1.50 bits per heavy atom. The summed E-state index contributed by atoms with van der Waals surface area (Å²) in [5, 5.41) is 15.5. The van der Waals surface area contributed by atoms with E-state index in [4.69, 9.17) is 9.84 Å². The molecule has 1 aromatic heterocycles. The first-order valence-corrected chi connectivity index (χ1v) is 5.74. The van der Waals surface area contributed by atoms with Crippen molar-refractivity contribution in [3.05, 3.63) is 46.8 Å². The Morgan fingerprint density at radius 3 is 3.22 bits per heavy atom. The van der Waals surface area contributed by atoms with Crippen LogP contribution in [-0.2, 0) is 12.8 Å². The normalized spacial score (nSPS) is 13.1. The van der Waals surface area contributed by atoms with E-state index >= 15 is 0 Å². The fraction of sp³-hybridized carbons (Fsp3) is 0.231. The van der Waals surface area contributed by atoms with Crippen molar-refractivity contribution in [1.29, 1.82) is 0 Å². The van der Waals surface area contributed by atoms with Crippen molar-refractivity contribution in [3.63, 3.8) is 0 Å². The van der Waals surface area contributed by atoms with Crippen molar-refractivity contribution < 1.29 is 14.6 Å². The third kappa shape index (κ3) is 1.84. The maximum absolute atomic E-state index is 11.0. The zero-order chi connectivity index (χ0) is 12.5. The number of carbonyl (C=O) groups is 1. The van der Waals surface area contributed by atoms with Crippen molar-refractivity contribution in [2.75, 3.05) is 6.61 Å². The Labute approximate surface area is 103 Å². The average Bonchev–Trinajstić information content (AvgIpc) is 2.96. The molecule has 0 radical (unpaired) electrons. The molecular formula is C13H12N2O3. The number of rotatable bonds is 3. The van der Waals surface area contributed by atoms with Gasteiger partial charge < -0.3 is 9.84 Å². The first kappa shape index (κ1) is 10.8. The summed E-state index contributed by atoms with van der Waals surface area (Å²) < 4.78 is 5.44. The van der Waals surface area contributed by atoms with Gasteiger partial charge in [0.25, 0.3) is 0 Å². The summed E-state index contributed by atoms with van der Waals surface area (Å²) in [6, 6.07) is 5.96. The molecular weight excluding hydrogens is 232 g/mol. The summed E-state index contributed by atoms with van der Waals surface area (Å²) in [6.45, 7) is 0.725. The van der Waals surface area contributed by atoms with Gasteiger partial charge in [-0.25, -0.2) is 4.79 Å². The maximum Gasteiger partial charge on any atom is 0.339 e. The van der Waals surface area contributed by atoms with Crippen LogP contribution in [0, 0.1) is 0 Å². The molecule has 3 rings (SSSR count). The van der Waals surface area contributed by atoms with Gasteiger partial charge in [-0.2, -0.15) is 5.10 Å². The molecule has 5 nitrogen and oxygen atoms in total. The van der Waals surface area contributed by atoms with Crippen LogP contribution < -0.4 is 4.74 Å². The number of aromatic amines is 1. The summed E-state index contributed by atoms with van der Waals surface area (Å²) in [5.74, 6) is -0.0231. The minimum atomic E-state index is -0.955. The number of nitrogens with one attached hydrogen (secondary N) is 1. The van der Waals surface area contributed by atoms with E-state index in [0.717, 1.165) is 24.3 Å². The molecule has 18 heavy (non-hydrogen) atoms.